The van der Waals surface area contributed by atoms with E-state index in [1.165, 1.54) is 12.1 Å². The third-order valence-corrected chi connectivity index (χ3v) is 4.90. The third-order valence-electron chi connectivity index (χ3n) is 2.69. The average molecular weight is 305 g/mol. The highest BCUT2D eigenvalue weighted by molar-refractivity contribution is 9.10. The van der Waals surface area contributed by atoms with Gasteiger partial charge in [-0.25, -0.2) is 13.1 Å². The van der Waals surface area contributed by atoms with Crippen LogP contribution in [0.3, 0.4) is 0 Å². The first-order chi connectivity index (χ1) is 7.40. The second-order valence-corrected chi connectivity index (χ2v) is 6.69. The van der Waals surface area contributed by atoms with Gasteiger partial charge in [0.25, 0.3) is 0 Å². The summed E-state index contributed by atoms with van der Waals surface area (Å²) in [6.07, 6.45) is 0.908. The van der Waals surface area contributed by atoms with Crippen LogP contribution in [0, 0.1) is 5.92 Å². The summed E-state index contributed by atoms with van der Waals surface area (Å²) >= 11 is 3.23. The Labute approximate surface area is 103 Å². The lowest BCUT2D eigenvalue weighted by Crippen LogP contribution is -2.26. The van der Waals surface area contributed by atoms with Crippen LogP contribution in [0.5, 0.6) is 0 Å². The summed E-state index contributed by atoms with van der Waals surface area (Å²) in [5.74, 6) is 0.433. The molecule has 2 rings (SSSR count). The van der Waals surface area contributed by atoms with Crippen molar-refractivity contribution in [1.29, 1.82) is 0 Å². The van der Waals surface area contributed by atoms with Gasteiger partial charge in [0.15, 0.2) is 0 Å². The van der Waals surface area contributed by atoms with Crippen LogP contribution in [0.2, 0.25) is 0 Å². The lowest BCUT2D eigenvalue weighted by molar-refractivity contribution is 0.578. The molecule has 3 N–H and O–H groups in total. The first kappa shape index (κ1) is 11.9. The second kappa shape index (κ2) is 4.01. The summed E-state index contributed by atoms with van der Waals surface area (Å²) in [4.78, 5) is 0.215. The van der Waals surface area contributed by atoms with E-state index in [2.05, 4.69) is 20.7 Å². The van der Waals surface area contributed by atoms with Crippen LogP contribution < -0.4 is 10.5 Å². The summed E-state index contributed by atoms with van der Waals surface area (Å²) in [6, 6.07) is 4.71. The van der Waals surface area contributed by atoms with Gasteiger partial charge in [-0.2, -0.15) is 0 Å². The van der Waals surface area contributed by atoms with Gasteiger partial charge in [0.1, 0.15) is 0 Å². The zero-order chi connectivity index (χ0) is 11.9. The number of nitrogens with one attached hydrogen (secondary N) is 1. The predicted octanol–water partition coefficient (Wildman–Crippen LogP) is 1.72. The topological polar surface area (TPSA) is 72.2 Å². The van der Waals surface area contributed by atoms with Gasteiger partial charge in [-0.3, -0.25) is 0 Å². The molecule has 0 amide bonds. The first-order valence-corrected chi connectivity index (χ1v) is 7.25. The Balaban J connectivity index is 2.25. The molecule has 4 nitrogen and oxygen atoms in total. The molecule has 2 atom stereocenters. The molecular weight excluding hydrogens is 292 g/mol. The Hall–Kier alpha value is -0.590. The SMILES string of the molecule is CC1CC1NS(=O)(=O)c1ccc(Br)c(N)c1. The molecule has 1 aliphatic rings. The van der Waals surface area contributed by atoms with Crippen molar-refractivity contribution in [2.75, 3.05) is 5.73 Å². The number of hydrogen-bond donors (Lipinski definition) is 2. The van der Waals surface area contributed by atoms with Crippen LogP contribution in [0.4, 0.5) is 5.69 Å². The van der Waals surface area contributed by atoms with Gasteiger partial charge in [-0.1, -0.05) is 6.92 Å². The number of anilines is 1. The average Bonchev–Trinajstić information content (AvgIpc) is 2.85. The number of nitrogens with two attached hydrogens (primary N) is 1. The van der Waals surface area contributed by atoms with Crippen LogP contribution in [-0.4, -0.2) is 14.5 Å². The number of rotatable bonds is 3. The minimum Gasteiger partial charge on any atom is -0.398 e. The van der Waals surface area contributed by atoms with Gasteiger partial charge in [-0.05, 0) is 46.5 Å². The van der Waals surface area contributed by atoms with Gasteiger partial charge in [-0.15, -0.1) is 0 Å². The molecule has 0 bridgehead atoms. The van der Waals surface area contributed by atoms with Crippen LogP contribution in [0.1, 0.15) is 13.3 Å². The first-order valence-electron chi connectivity index (χ1n) is 4.97. The molecule has 1 aromatic carbocycles. The molecule has 6 heteroatoms. The lowest BCUT2D eigenvalue weighted by atomic mass is 10.3. The molecule has 1 aromatic rings. The van der Waals surface area contributed by atoms with Crippen molar-refractivity contribution in [1.82, 2.24) is 4.72 Å². The molecule has 0 aliphatic heterocycles. The molecule has 0 aromatic heterocycles. The molecule has 1 aliphatic carbocycles. The quantitative estimate of drug-likeness (QED) is 0.835. The zero-order valence-electron chi connectivity index (χ0n) is 8.77. The predicted molar refractivity (Wildman–Crippen MR) is 66.4 cm³/mol. The number of halogens is 1. The van der Waals surface area contributed by atoms with Crippen molar-refractivity contribution in [3.05, 3.63) is 22.7 Å². The van der Waals surface area contributed by atoms with E-state index in [9.17, 15) is 8.42 Å². The monoisotopic (exact) mass is 304 g/mol. The molecule has 0 saturated heterocycles. The Morgan fingerprint density at radius 2 is 2.12 bits per heavy atom. The summed E-state index contributed by atoms with van der Waals surface area (Å²) in [5.41, 5.74) is 6.07. The Morgan fingerprint density at radius 3 is 2.62 bits per heavy atom. The molecule has 2 unspecified atom stereocenters. The normalized spacial score (nSPS) is 24.4. The number of sulfonamides is 1. The van der Waals surface area contributed by atoms with Crippen LogP contribution in [0.15, 0.2) is 27.6 Å². The van der Waals surface area contributed by atoms with Crippen molar-refractivity contribution in [2.45, 2.75) is 24.3 Å². The van der Waals surface area contributed by atoms with E-state index in [-0.39, 0.29) is 10.9 Å². The van der Waals surface area contributed by atoms with Crippen LogP contribution in [-0.2, 0) is 10.0 Å². The van der Waals surface area contributed by atoms with E-state index >= 15 is 0 Å². The van der Waals surface area contributed by atoms with Crippen molar-refractivity contribution in [3.8, 4) is 0 Å². The van der Waals surface area contributed by atoms with Gasteiger partial charge < -0.3 is 5.73 Å². The van der Waals surface area contributed by atoms with E-state index in [1.807, 2.05) is 6.92 Å². The molecular formula is C10H13BrN2O2S. The molecule has 16 heavy (non-hydrogen) atoms. The van der Waals surface area contributed by atoms with Crippen LogP contribution in [0.25, 0.3) is 0 Å². The zero-order valence-corrected chi connectivity index (χ0v) is 11.2. The highest BCUT2D eigenvalue weighted by Crippen LogP contribution is 2.31. The van der Waals surface area contributed by atoms with Crippen molar-refractivity contribution in [2.24, 2.45) is 5.92 Å². The molecule has 0 spiro atoms. The molecule has 1 fully saturated rings. The maximum atomic E-state index is 11.9. The Morgan fingerprint density at radius 1 is 1.50 bits per heavy atom. The molecule has 88 valence electrons. The van der Waals surface area contributed by atoms with Crippen LogP contribution >= 0.6 is 15.9 Å². The molecule has 0 heterocycles. The van der Waals surface area contributed by atoms with Gasteiger partial charge in [0.05, 0.1) is 4.90 Å². The Bertz CT molecular complexity index is 516. The highest BCUT2D eigenvalue weighted by atomic mass is 79.9. The minimum absolute atomic E-state index is 0.0786. The van der Waals surface area contributed by atoms with E-state index in [0.29, 0.717) is 16.1 Å². The van der Waals surface area contributed by atoms with E-state index in [1.54, 1.807) is 6.07 Å². The van der Waals surface area contributed by atoms with Gasteiger partial charge in [0.2, 0.25) is 10.0 Å². The van der Waals surface area contributed by atoms with E-state index in [4.69, 9.17) is 5.73 Å². The fourth-order valence-corrected chi connectivity index (χ4v) is 3.08. The largest absolute Gasteiger partial charge is 0.398 e. The second-order valence-electron chi connectivity index (χ2n) is 4.12. The number of benzene rings is 1. The van der Waals surface area contributed by atoms with Crippen molar-refractivity contribution in [3.63, 3.8) is 0 Å². The molecule has 1 saturated carbocycles. The highest BCUT2D eigenvalue weighted by Gasteiger charge is 2.36. The van der Waals surface area contributed by atoms with Crippen molar-refractivity contribution >= 4 is 31.6 Å². The molecule has 0 radical (unpaired) electrons. The van der Waals surface area contributed by atoms with Gasteiger partial charge >= 0.3 is 0 Å². The summed E-state index contributed by atoms with van der Waals surface area (Å²) in [6.45, 7) is 2.02. The standard InChI is InChI=1S/C10H13BrN2O2S/c1-6-4-10(6)13-16(14,15)7-2-3-8(11)9(12)5-7/h2-3,5-6,10,13H,4,12H2,1H3. The third kappa shape index (κ3) is 2.39. The van der Waals surface area contributed by atoms with E-state index in [0.717, 1.165) is 6.42 Å². The summed E-state index contributed by atoms with van der Waals surface area (Å²) in [5, 5.41) is 0. The minimum atomic E-state index is -3.42. The summed E-state index contributed by atoms with van der Waals surface area (Å²) in [7, 11) is -3.42. The fourth-order valence-electron chi connectivity index (χ4n) is 1.44. The fraction of sp³-hybridized carbons (Fsp3) is 0.400. The summed E-state index contributed by atoms with van der Waals surface area (Å²) < 4.78 is 27.2. The number of hydrogen-bond acceptors (Lipinski definition) is 3. The van der Waals surface area contributed by atoms with Crippen molar-refractivity contribution < 1.29 is 8.42 Å². The number of nitrogen functional groups attached to an aromatic ring is 1. The maximum absolute atomic E-state index is 11.9. The Kier molecular flexibility index (Phi) is 2.98. The maximum Gasteiger partial charge on any atom is 0.240 e. The van der Waals surface area contributed by atoms with Gasteiger partial charge in [0, 0.05) is 16.2 Å². The lowest BCUT2D eigenvalue weighted by Gasteiger charge is -2.07. The van der Waals surface area contributed by atoms with E-state index < -0.39 is 10.0 Å². The smallest absolute Gasteiger partial charge is 0.240 e.